The number of carbonyl (C=O) groups is 1. The van der Waals surface area contributed by atoms with E-state index in [1.165, 1.54) is 161 Å². The van der Waals surface area contributed by atoms with Crippen LogP contribution in [0.3, 0.4) is 0 Å². The van der Waals surface area contributed by atoms with Crippen molar-refractivity contribution in [1.29, 1.82) is 0 Å². The lowest BCUT2D eigenvalue weighted by molar-refractivity contribution is -0.870. The first kappa shape index (κ1) is 79.6. The van der Waals surface area contributed by atoms with Gasteiger partial charge in [0.05, 0.1) is 39.9 Å². The minimum absolute atomic E-state index is 0.0113. The molecule has 0 bridgehead atoms. The lowest BCUT2D eigenvalue weighted by atomic mass is 10.0. The molecule has 0 spiro atoms. The first-order chi connectivity index (χ1) is 40.5. The van der Waals surface area contributed by atoms with Crippen LogP contribution in [0.15, 0.2) is 134 Å². The Balaban J connectivity index is 4.10. The van der Waals surface area contributed by atoms with Gasteiger partial charge in [-0.2, -0.15) is 0 Å². The summed E-state index contributed by atoms with van der Waals surface area (Å²) in [5.41, 5.74) is 0. The zero-order valence-corrected chi connectivity index (χ0v) is 55.2. The first-order valence-corrected chi connectivity index (χ1v) is 35.5. The fourth-order valence-corrected chi connectivity index (χ4v) is 10.1. The van der Waals surface area contributed by atoms with Gasteiger partial charge in [0.25, 0.3) is 7.82 Å². The van der Waals surface area contributed by atoms with E-state index in [-0.39, 0.29) is 12.5 Å². The molecule has 0 rings (SSSR count). The average molecular weight is 1170 g/mol. The van der Waals surface area contributed by atoms with Crippen molar-refractivity contribution in [3.63, 3.8) is 0 Å². The molecule has 0 saturated heterocycles. The number of phosphoric acid groups is 1. The Morgan fingerprint density at radius 3 is 1.12 bits per heavy atom. The highest BCUT2D eigenvalue weighted by molar-refractivity contribution is 7.45. The number of nitrogens with one attached hydrogen (secondary N) is 1. The van der Waals surface area contributed by atoms with Gasteiger partial charge in [-0.05, 0) is 103 Å². The third-order valence-corrected chi connectivity index (χ3v) is 15.6. The van der Waals surface area contributed by atoms with Crippen molar-refractivity contribution in [3.8, 4) is 0 Å². The number of hydrogen-bond donors (Lipinski definition) is 2. The van der Waals surface area contributed by atoms with Gasteiger partial charge in [0, 0.05) is 6.42 Å². The van der Waals surface area contributed by atoms with Gasteiger partial charge in [0.2, 0.25) is 5.91 Å². The van der Waals surface area contributed by atoms with Crippen LogP contribution in [0.5, 0.6) is 0 Å². The zero-order valence-electron chi connectivity index (χ0n) is 54.4. The molecule has 0 radical (unpaired) electrons. The molecule has 3 unspecified atom stereocenters. The Morgan fingerprint density at radius 1 is 0.434 bits per heavy atom. The molecule has 9 heteroatoms. The summed E-state index contributed by atoms with van der Waals surface area (Å²) in [6, 6.07) is -0.913. The van der Waals surface area contributed by atoms with Gasteiger partial charge >= 0.3 is 0 Å². The predicted molar refractivity (Wildman–Crippen MR) is 362 cm³/mol. The number of nitrogens with zero attached hydrogens (tertiary/aromatic N) is 1. The third-order valence-electron chi connectivity index (χ3n) is 14.6. The van der Waals surface area contributed by atoms with Gasteiger partial charge in [-0.1, -0.05) is 302 Å². The highest BCUT2D eigenvalue weighted by Crippen LogP contribution is 2.38. The van der Waals surface area contributed by atoms with Crippen molar-refractivity contribution in [1.82, 2.24) is 5.32 Å². The summed E-state index contributed by atoms with van der Waals surface area (Å²) in [6.45, 7) is 4.52. The molecule has 0 saturated carbocycles. The summed E-state index contributed by atoms with van der Waals surface area (Å²) in [5, 5.41) is 13.9. The number of allylic oxidation sites excluding steroid dienone is 21. The molecular formula is C74H129N2O6P. The summed E-state index contributed by atoms with van der Waals surface area (Å²) < 4.78 is 23.4. The number of quaternary nitrogens is 1. The van der Waals surface area contributed by atoms with Crippen molar-refractivity contribution < 1.29 is 32.9 Å². The minimum atomic E-state index is -4.62. The van der Waals surface area contributed by atoms with Gasteiger partial charge in [0.15, 0.2) is 0 Å². The molecule has 8 nitrogen and oxygen atoms in total. The highest BCUT2D eigenvalue weighted by atomic mass is 31.2. The van der Waals surface area contributed by atoms with E-state index >= 15 is 0 Å². The Bertz CT molecular complexity index is 1810. The number of aliphatic hydroxyl groups excluding tert-OH is 1. The SMILES string of the molecule is CC/C=C\C/C=C\C/C=C\C/C=C\C/C=C\C/C=C\C/C=C\C/C=C\C/C=C\CCCCCCCCCCCCCCCC(=O)NC(COP(=O)([O-])OCC[N+](C)(C)C)C(O)/C=C/CC/C=C/CCCCCCCCCCCCCCCC. The summed E-state index contributed by atoms with van der Waals surface area (Å²) in [7, 11) is 1.23. The number of amides is 1. The van der Waals surface area contributed by atoms with Gasteiger partial charge in [-0.15, -0.1) is 0 Å². The maximum absolute atomic E-state index is 13.0. The number of unbranched alkanes of at least 4 members (excludes halogenated alkanes) is 28. The van der Waals surface area contributed by atoms with Crippen LogP contribution in [0.1, 0.15) is 277 Å². The molecule has 2 N–H and O–H groups in total. The molecule has 83 heavy (non-hydrogen) atoms. The van der Waals surface area contributed by atoms with Gasteiger partial charge in [-0.25, -0.2) is 0 Å². The molecule has 0 fully saturated rings. The average Bonchev–Trinajstić information content (AvgIpc) is 3.49. The number of aliphatic hydroxyl groups is 1. The van der Waals surface area contributed by atoms with Crippen LogP contribution in [-0.4, -0.2) is 68.5 Å². The topological polar surface area (TPSA) is 108 Å². The molecule has 0 aliphatic carbocycles. The first-order valence-electron chi connectivity index (χ1n) is 34.0. The van der Waals surface area contributed by atoms with Crippen molar-refractivity contribution >= 4 is 13.7 Å². The lowest BCUT2D eigenvalue weighted by Crippen LogP contribution is -2.45. The maximum Gasteiger partial charge on any atom is 0.268 e. The van der Waals surface area contributed by atoms with Gasteiger partial charge in [-0.3, -0.25) is 9.36 Å². The maximum atomic E-state index is 13.0. The summed E-state index contributed by atoms with van der Waals surface area (Å²) in [5.74, 6) is -0.211. The van der Waals surface area contributed by atoms with Crippen LogP contribution in [0, 0.1) is 0 Å². The number of hydrogen-bond acceptors (Lipinski definition) is 6. The van der Waals surface area contributed by atoms with Crippen molar-refractivity contribution in [3.05, 3.63) is 134 Å². The van der Waals surface area contributed by atoms with Crippen molar-refractivity contribution in [2.24, 2.45) is 0 Å². The molecule has 0 aliphatic rings. The molecular weight excluding hydrogens is 1040 g/mol. The molecule has 476 valence electrons. The quantitative estimate of drug-likeness (QED) is 0.0272. The number of likely N-dealkylation sites (N-methyl/N-ethyl adjacent to an activating group) is 1. The van der Waals surface area contributed by atoms with E-state index in [4.69, 9.17) is 9.05 Å². The molecule has 0 heterocycles. The second kappa shape index (κ2) is 63.2. The Morgan fingerprint density at radius 2 is 0.747 bits per heavy atom. The normalized spacial score (nSPS) is 14.5. The van der Waals surface area contributed by atoms with E-state index in [0.29, 0.717) is 17.4 Å². The zero-order chi connectivity index (χ0) is 60.5. The fraction of sp³-hybridized carbons (Fsp3) is 0.689. The Hall–Kier alpha value is -3.36. The molecule has 1 amide bonds. The van der Waals surface area contributed by atoms with E-state index in [0.717, 1.165) is 96.3 Å². The Labute approximate surface area is 513 Å². The number of phosphoric ester groups is 1. The van der Waals surface area contributed by atoms with Crippen LogP contribution in [0.4, 0.5) is 0 Å². The van der Waals surface area contributed by atoms with Gasteiger partial charge < -0.3 is 28.8 Å². The molecule has 0 aliphatic heterocycles. The molecule has 3 atom stereocenters. The van der Waals surface area contributed by atoms with Crippen LogP contribution >= 0.6 is 7.82 Å². The van der Waals surface area contributed by atoms with E-state index in [1.807, 2.05) is 27.2 Å². The Kier molecular flexibility index (Phi) is 60.6. The molecule has 0 aromatic heterocycles. The smallest absolute Gasteiger partial charge is 0.268 e. The minimum Gasteiger partial charge on any atom is -0.756 e. The van der Waals surface area contributed by atoms with Crippen LogP contribution in [0.2, 0.25) is 0 Å². The van der Waals surface area contributed by atoms with E-state index in [2.05, 4.69) is 141 Å². The second-order valence-electron chi connectivity index (χ2n) is 23.8. The van der Waals surface area contributed by atoms with Crippen LogP contribution in [-0.2, 0) is 18.4 Å². The number of carbonyl (C=O) groups excluding carboxylic acids is 1. The second-order valence-corrected chi connectivity index (χ2v) is 25.2. The molecule has 0 aromatic rings. The predicted octanol–water partition coefficient (Wildman–Crippen LogP) is 21.2. The van der Waals surface area contributed by atoms with Crippen LogP contribution < -0.4 is 10.2 Å². The van der Waals surface area contributed by atoms with Crippen LogP contribution in [0.25, 0.3) is 0 Å². The summed E-state index contributed by atoms with van der Waals surface area (Å²) in [6.07, 6.45) is 95.6. The van der Waals surface area contributed by atoms with Crippen molar-refractivity contribution in [2.75, 3.05) is 40.9 Å². The standard InChI is InChI=1S/C74H129N2O6P/c1-6-8-10-12-14-16-18-20-22-24-26-28-29-30-31-32-33-34-35-36-37-38-39-40-41-42-43-44-45-46-47-48-50-52-54-56-58-60-62-64-66-68-74(78)75-72(71-82-83(79,80)81-70-69-76(3,4)5)73(77)67-65-63-61-59-57-55-53-51-49-27-25-23-21-19-17-15-13-11-9-7-2/h8,10,14,16,20,22,26,28,30-31,33-34,36-37,39-40,42-43,57,59,65,67,72-73,77H,6-7,9,11-13,15,17-19,21,23-25,27,29,32,35,38,41,44-56,58,60-64,66,68-71H2,1-5H3,(H-,75,78,79,80)/b10-8-,16-14-,22-20-,28-26-,31-30-,34-33-,37-36-,40-39-,43-42-,59-57+,67-65+. The lowest BCUT2D eigenvalue weighted by Gasteiger charge is -2.29. The summed E-state index contributed by atoms with van der Waals surface area (Å²) >= 11 is 0. The highest BCUT2D eigenvalue weighted by Gasteiger charge is 2.23. The number of rotatable bonds is 61. The third kappa shape index (κ3) is 66.0. The van der Waals surface area contributed by atoms with Crippen molar-refractivity contribution in [2.45, 2.75) is 289 Å². The summed E-state index contributed by atoms with van der Waals surface area (Å²) in [4.78, 5) is 25.6. The fourth-order valence-electron chi connectivity index (χ4n) is 9.34. The van der Waals surface area contributed by atoms with E-state index in [9.17, 15) is 19.4 Å². The van der Waals surface area contributed by atoms with E-state index in [1.54, 1.807) is 6.08 Å². The molecule has 0 aromatic carbocycles. The largest absolute Gasteiger partial charge is 0.756 e. The van der Waals surface area contributed by atoms with Gasteiger partial charge in [0.1, 0.15) is 13.2 Å². The monoisotopic (exact) mass is 1170 g/mol. The van der Waals surface area contributed by atoms with E-state index < -0.39 is 26.6 Å².